The molecule has 2 heterocycles. The average Bonchev–Trinajstić information content (AvgIpc) is 3.31. The van der Waals surface area contributed by atoms with Crippen molar-refractivity contribution in [2.75, 3.05) is 11.9 Å². The maximum absolute atomic E-state index is 12.7. The number of benzene rings is 2. The maximum atomic E-state index is 12.7. The van der Waals surface area contributed by atoms with E-state index in [1.807, 2.05) is 18.2 Å². The summed E-state index contributed by atoms with van der Waals surface area (Å²) in [6.45, 7) is -0.377. The Kier molecular flexibility index (Phi) is 6.31. The summed E-state index contributed by atoms with van der Waals surface area (Å²) in [4.78, 5) is 38.4. The minimum Gasteiger partial charge on any atom is -0.457 e. The zero-order valence-corrected chi connectivity index (χ0v) is 19.0. The molecule has 3 amide bonds. The van der Waals surface area contributed by atoms with Gasteiger partial charge in [-0.2, -0.15) is 0 Å². The second kappa shape index (κ2) is 9.13. The zero-order valence-electron chi connectivity index (χ0n) is 15.8. The first kappa shape index (κ1) is 21.4. The molecule has 0 aliphatic carbocycles. The van der Waals surface area contributed by atoms with E-state index >= 15 is 0 Å². The van der Waals surface area contributed by atoms with Gasteiger partial charge in [-0.05, 0) is 76.2 Å². The summed E-state index contributed by atoms with van der Waals surface area (Å²) in [7, 11) is 0. The van der Waals surface area contributed by atoms with Gasteiger partial charge in [0, 0.05) is 21.1 Å². The van der Waals surface area contributed by atoms with Crippen LogP contribution in [0.3, 0.4) is 0 Å². The van der Waals surface area contributed by atoms with Crippen LogP contribution in [0.25, 0.3) is 17.4 Å². The van der Waals surface area contributed by atoms with E-state index in [1.54, 1.807) is 42.5 Å². The predicted octanol–water partition coefficient (Wildman–Crippen LogP) is 6.04. The molecule has 0 bridgehead atoms. The molecule has 0 unspecified atom stereocenters. The lowest BCUT2D eigenvalue weighted by Crippen LogP contribution is -2.36. The van der Waals surface area contributed by atoms with Gasteiger partial charge in [0.25, 0.3) is 11.1 Å². The van der Waals surface area contributed by atoms with Gasteiger partial charge in [0.15, 0.2) is 0 Å². The van der Waals surface area contributed by atoms with Crippen molar-refractivity contribution in [2.45, 2.75) is 0 Å². The zero-order chi connectivity index (χ0) is 22.0. The molecule has 9 heteroatoms. The van der Waals surface area contributed by atoms with Gasteiger partial charge in [-0.25, -0.2) is 0 Å². The van der Waals surface area contributed by atoms with Gasteiger partial charge in [0.2, 0.25) is 5.91 Å². The van der Waals surface area contributed by atoms with Crippen LogP contribution >= 0.6 is 39.3 Å². The van der Waals surface area contributed by atoms with E-state index in [2.05, 4.69) is 21.2 Å². The molecule has 4 rings (SSSR count). The second-order valence-electron chi connectivity index (χ2n) is 6.50. The number of imide groups is 1. The number of anilines is 1. The summed E-state index contributed by atoms with van der Waals surface area (Å²) in [6, 6.07) is 17.7. The van der Waals surface area contributed by atoms with Crippen LogP contribution in [0.2, 0.25) is 5.02 Å². The predicted molar refractivity (Wildman–Crippen MR) is 125 cm³/mol. The van der Waals surface area contributed by atoms with Crippen molar-refractivity contribution in [3.8, 4) is 11.3 Å². The first-order valence-electron chi connectivity index (χ1n) is 9.06. The number of hydrogen-bond acceptors (Lipinski definition) is 5. The molecule has 1 N–H and O–H groups in total. The van der Waals surface area contributed by atoms with E-state index in [9.17, 15) is 14.4 Å². The van der Waals surface area contributed by atoms with Crippen LogP contribution in [0.4, 0.5) is 10.5 Å². The molecular formula is C22H14BrClN2O4S. The summed E-state index contributed by atoms with van der Waals surface area (Å²) in [5.74, 6) is 0.0169. The number of nitrogens with one attached hydrogen (secondary N) is 1. The van der Waals surface area contributed by atoms with Gasteiger partial charge >= 0.3 is 0 Å². The highest BCUT2D eigenvalue weighted by Crippen LogP contribution is 2.33. The first-order valence-corrected chi connectivity index (χ1v) is 11.0. The molecule has 6 nitrogen and oxygen atoms in total. The number of nitrogens with zero attached hydrogens (tertiary/aromatic N) is 1. The summed E-state index contributed by atoms with van der Waals surface area (Å²) >= 11 is 10.0. The van der Waals surface area contributed by atoms with Gasteiger partial charge in [-0.3, -0.25) is 19.3 Å². The lowest BCUT2D eigenvalue weighted by atomic mass is 10.2. The van der Waals surface area contributed by atoms with Crippen molar-refractivity contribution in [3.05, 3.63) is 80.8 Å². The number of halogens is 2. The first-order chi connectivity index (χ1) is 14.9. The lowest BCUT2D eigenvalue weighted by Gasteiger charge is -2.13. The fourth-order valence-corrected chi connectivity index (χ4v) is 4.19. The van der Waals surface area contributed by atoms with Crippen LogP contribution in [0, 0.1) is 0 Å². The highest BCUT2D eigenvalue weighted by atomic mass is 79.9. The largest absolute Gasteiger partial charge is 0.457 e. The Bertz CT molecular complexity index is 1210. The molecule has 3 aromatic rings. The molecule has 156 valence electrons. The van der Waals surface area contributed by atoms with E-state index in [4.69, 9.17) is 16.0 Å². The molecule has 31 heavy (non-hydrogen) atoms. The van der Waals surface area contributed by atoms with Crippen molar-refractivity contribution in [2.24, 2.45) is 0 Å². The third-order valence-electron chi connectivity index (χ3n) is 4.35. The highest BCUT2D eigenvalue weighted by Gasteiger charge is 2.36. The normalized spacial score (nSPS) is 15.0. The number of carbonyl (C=O) groups excluding carboxylic acids is 3. The Morgan fingerprint density at radius 3 is 2.58 bits per heavy atom. The monoisotopic (exact) mass is 516 g/mol. The molecule has 1 saturated heterocycles. The van der Waals surface area contributed by atoms with E-state index in [1.165, 1.54) is 6.08 Å². The minimum absolute atomic E-state index is 0.190. The Balaban J connectivity index is 1.45. The number of thioether (sulfide) groups is 1. The number of rotatable bonds is 5. The van der Waals surface area contributed by atoms with Crippen LogP contribution in [-0.2, 0) is 9.59 Å². The molecule has 1 fully saturated rings. The Labute approximate surface area is 195 Å². The average molecular weight is 518 g/mol. The van der Waals surface area contributed by atoms with Crippen LogP contribution < -0.4 is 5.32 Å². The Morgan fingerprint density at radius 1 is 1.10 bits per heavy atom. The number of amides is 3. The van der Waals surface area contributed by atoms with Crippen LogP contribution in [0.1, 0.15) is 5.76 Å². The van der Waals surface area contributed by atoms with Gasteiger partial charge in [-0.1, -0.05) is 23.7 Å². The molecule has 0 atom stereocenters. The lowest BCUT2D eigenvalue weighted by molar-refractivity contribution is -0.127. The Morgan fingerprint density at radius 2 is 1.84 bits per heavy atom. The summed E-state index contributed by atoms with van der Waals surface area (Å²) in [6.07, 6.45) is 1.50. The van der Waals surface area contributed by atoms with Gasteiger partial charge < -0.3 is 9.73 Å². The molecule has 2 aromatic carbocycles. The van der Waals surface area contributed by atoms with Crippen molar-refractivity contribution in [3.63, 3.8) is 0 Å². The van der Waals surface area contributed by atoms with Crippen molar-refractivity contribution in [1.29, 1.82) is 0 Å². The molecular weight excluding hydrogens is 504 g/mol. The van der Waals surface area contributed by atoms with Gasteiger partial charge in [-0.15, -0.1) is 0 Å². The molecule has 0 saturated carbocycles. The number of carbonyl (C=O) groups is 3. The van der Waals surface area contributed by atoms with Gasteiger partial charge in [0.1, 0.15) is 18.1 Å². The van der Waals surface area contributed by atoms with E-state index < -0.39 is 17.1 Å². The number of furan rings is 1. The summed E-state index contributed by atoms with van der Waals surface area (Å²) in [5, 5.41) is 2.79. The van der Waals surface area contributed by atoms with E-state index in [0.717, 1.165) is 22.2 Å². The van der Waals surface area contributed by atoms with E-state index in [0.29, 0.717) is 26.7 Å². The van der Waals surface area contributed by atoms with Crippen molar-refractivity contribution in [1.82, 2.24) is 4.90 Å². The van der Waals surface area contributed by atoms with Crippen LogP contribution in [-0.4, -0.2) is 28.5 Å². The smallest absolute Gasteiger partial charge is 0.294 e. The topological polar surface area (TPSA) is 79.6 Å². The standard InChI is InChI=1S/C22H14BrClN2O4S/c23-16-3-1-2-4-17(16)25-20(27)12-26-21(28)19(31-22(26)29)11-15-9-10-18(30-15)13-5-7-14(24)8-6-13/h1-11H,12H2,(H,25,27)/b19-11+. The van der Waals surface area contributed by atoms with E-state index in [-0.39, 0.29) is 11.4 Å². The maximum Gasteiger partial charge on any atom is 0.294 e. The van der Waals surface area contributed by atoms with Crippen molar-refractivity contribution < 1.29 is 18.8 Å². The van der Waals surface area contributed by atoms with Gasteiger partial charge in [0.05, 0.1) is 10.6 Å². The van der Waals surface area contributed by atoms with Crippen LogP contribution in [0.5, 0.6) is 0 Å². The minimum atomic E-state index is -0.540. The highest BCUT2D eigenvalue weighted by molar-refractivity contribution is 9.10. The summed E-state index contributed by atoms with van der Waals surface area (Å²) in [5.41, 5.74) is 1.39. The molecule has 0 spiro atoms. The fourth-order valence-electron chi connectivity index (χ4n) is 2.86. The Hall–Kier alpha value is -2.81. The molecule has 0 radical (unpaired) electrons. The molecule has 1 aliphatic heterocycles. The number of para-hydroxylation sites is 1. The molecule has 1 aliphatic rings. The second-order valence-corrected chi connectivity index (χ2v) is 8.79. The SMILES string of the molecule is O=C(CN1C(=O)S/C(=C/c2ccc(-c3ccc(Cl)cc3)o2)C1=O)Nc1ccccc1Br. The van der Waals surface area contributed by atoms with Crippen LogP contribution in [0.15, 0.2) is 74.5 Å². The third kappa shape index (κ3) is 4.92. The third-order valence-corrected chi connectivity index (χ3v) is 6.20. The molecule has 1 aromatic heterocycles. The fraction of sp³-hybridized carbons (Fsp3) is 0.0455. The quantitative estimate of drug-likeness (QED) is 0.418. The summed E-state index contributed by atoms with van der Waals surface area (Å²) < 4.78 is 6.46. The number of hydrogen-bond donors (Lipinski definition) is 1. The van der Waals surface area contributed by atoms with Crippen molar-refractivity contribution >= 4 is 68.1 Å².